The van der Waals surface area contributed by atoms with E-state index >= 15 is 0 Å². The van der Waals surface area contributed by atoms with Gasteiger partial charge in [0, 0.05) is 24.3 Å². The van der Waals surface area contributed by atoms with Crippen LogP contribution in [-0.4, -0.2) is 55.5 Å². The summed E-state index contributed by atoms with van der Waals surface area (Å²) in [5, 5.41) is 5.66. The third-order valence-corrected chi connectivity index (χ3v) is 4.66. The SMILES string of the molecule is COC(=O)C[C@H]1C(=O)NCCN1CC(=O)Nc1ccccc1-c1ccccc1. The highest BCUT2D eigenvalue weighted by atomic mass is 16.5. The first-order valence-corrected chi connectivity index (χ1v) is 9.11. The minimum atomic E-state index is -0.712. The summed E-state index contributed by atoms with van der Waals surface area (Å²) in [7, 11) is 1.28. The summed E-state index contributed by atoms with van der Waals surface area (Å²) in [6.45, 7) is 0.934. The lowest BCUT2D eigenvalue weighted by Crippen LogP contribution is -2.57. The minimum Gasteiger partial charge on any atom is -0.469 e. The van der Waals surface area contributed by atoms with Gasteiger partial charge in [-0.05, 0) is 11.6 Å². The van der Waals surface area contributed by atoms with Gasteiger partial charge >= 0.3 is 5.97 Å². The van der Waals surface area contributed by atoms with Gasteiger partial charge in [0.2, 0.25) is 11.8 Å². The van der Waals surface area contributed by atoms with Crippen LogP contribution in [0.4, 0.5) is 5.69 Å². The molecular weight excluding hydrogens is 358 g/mol. The predicted octanol–water partition coefficient (Wildman–Crippen LogP) is 1.66. The number of hydrogen-bond acceptors (Lipinski definition) is 5. The number of anilines is 1. The second-order valence-corrected chi connectivity index (χ2v) is 6.52. The molecule has 1 fully saturated rings. The van der Waals surface area contributed by atoms with Crippen molar-refractivity contribution in [2.24, 2.45) is 0 Å². The van der Waals surface area contributed by atoms with Gasteiger partial charge in [0.25, 0.3) is 0 Å². The molecule has 2 amide bonds. The zero-order valence-corrected chi connectivity index (χ0v) is 15.7. The molecule has 0 aromatic heterocycles. The van der Waals surface area contributed by atoms with Gasteiger partial charge in [-0.1, -0.05) is 48.5 Å². The van der Waals surface area contributed by atoms with Crippen LogP contribution in [-0.2, 0) is 19.1 Å². The zero-order chi connectivity index (χ0) is 19.9. The van der Waals surface area contributed by atoms with Crippen molar-refractivity contribution in [2.75, 3.05) is 32.1 Å². The molecule has 1 saturated heterocycles. The lowest BCUT2D eigenvalue weighted by molar-refractivity contribution is -0.146. The Morgan fingerprint density at radius 3 is 2.61 bits per heavy atom. The third kappa shape index (κ3) is 4.75. The van der Waals surface area contributed by atoms with Crippen LogP contribution in [0.25, 0.3) is 11.1 Å². The number of rotatable bonds is 6. The quantitative estimate of drug-likeness (QED) is 0.743. The first-order valence-electron chi connectivity index (χ1n) is 9.11. The lowest BCUT2D eigenvalue weighted by atomic mass is 10.0. The molecule has 0 aliphatic carbocycles. The average Bonchev–Trinajstić information content (AvgIpc) is 2.71. The Balaban J connectivity index is 1.72. The second-order valence-electron chi connectivity index (χ2n) is 6.52. The monoisotopic (exact) mass is 381 g/mol. The topological polar surface area (TPSA) is 87.7 Å². The van der Waals surface area contributed by atoms with Crippen LogP contribution in [0.15, 0.2) is 54.6 Å². The molecule has 3 rings (SSSR count). The molecule has 0 radical (unpaired) electrons. The molecule has 2 N–H and O–H groups in total. The number of amides is 2. The summed E-state index contributed by atoms with van der Waals surface area (Å²) in [6.07, 6.45) is -0.0871. The third-order valence-electron chi connectivity index (χ3n) is 4.66. The van der Waals surface area contributed by atoms with E-state index in [-0.39, 0.29) is 24.8 Å². The Hall–Kier alpha value is -3.19. The number of methoxy groups -OCH3 is 1. The number of carbonyl (C=O) groups is 3. The largest absolute Gasteiger partial charge is 0.469 e. The summed E-state index contributed by atoms with van der Waals surface area (Å²) in [4.78, 5) is 38.1. The molecule has 7 heteroatoms. The van der Waals surface area contributed by atoms with Crippen molar-refractivity contribution in [2.45, 2.75) is 12.5 Å². The molecule has 2 aromatic rings. The van der Waals surface area contributed by atoms with Gasteiger partial charge in [-0.15, -0.1) is 0 Å². The van der Waals surface area contributed by atoms with Crippen LogP contribution in [0.2, 0.25) is 0 Å². The van der Waals surface area contributed by atoms with Crippen molar-refractivity contribution in [3.05, 3.63) is 54.6 Å². The molecule has 2 aromatic carbocycles. The first kappa shape index (κ1) is 19.6. The van der Waals surface area contributed by atoms with Gasteiger partial charge in [-0.2, -0.15) is 0 Å². The van der Waals surface area contributed by atoms with Crippen LogP contribution < -0.4 is 10.6 Å². The lowest BCUT2D eigenvalue weighted by Gasteiger charge is -2.33. The number of benzene rings is 2. The normalized spacial score (nSPS) is 16.9. The average molecular weight is 381 g/mol. The van der Waals surface area contributed by atoms with E-state index < -0.39 is 12.0 Å². The summed E-state index contributed by atoms with van der Waals surface area (Å²) >= 11 is 0. The fraction of sp³-hybridized carbons (Fsp3) is 0.286. The number of carbonyl (C=O) groups excluding carboxylic acids is 3. The fourth-order valence-electron chi connectivity index (χ4n) is 3.25. The Labute approximate surface area is 163 Å². The number of esters is 1. The van der Waals surface area contributed by atoms with Gasteiger partial charge < -0.3 is 15.4 Å². The van der Waals surface area contributed by atoms with E-state index in [0.29, 0.717) is 18.8 Å². The van der Waals surface area contributed by atoms with E-state index in [1.54, 1.807) is 4.90 Å². The highest BCUT2D eigenvalue weighted by molar-refractivity contribution is 5.97. The molecule has 1 heterocycles. The summed E-state index contributed by atoms with van der Waals surface area (Å²) in [5.41, 5.74) is 2.61. The molecule has 0 spiro atoms. The van der Waals surface area contributed by atoms with E-state index in [1.807, 2.05) is 54.6 Å². The molecule has 0 bridgehead atoms. The number of hydrogen-bond donors (Lipinski definition) is 2. The van der Waals surface area contributed by atoms with Crippen LogP contribution in [0.1, 0.15) is 6.42 Å². The van der Waals surface area contributed by atoms with E-state index in [4.69, 9.17) is 0 Å². The van der Waals surface area contributed by atoms with E-state index in [0.717, 1.165) is 11.1 Å². The van der Waals surface area contributed by atoms with Gasteiger partial charge in [-0.25, -0.2) is 0 Å². The molecule has 1 aliphatic rings. The Morgan fingerprint density at radius 2 is 1.86 bits per heavy atom. The molecule has 0 unspecified atom stereocenters. The van der Waals surface area contributed by atoms with Crippen molar-refractivity contribution in [1.82, 2.24) is 10.2 Å². The number of para-hydroxylation sites is 1. The maximum Gasteiger partial charge on any atom is 0.307 e. The number of ether oxygens (including phenoxy) is 1. The van der Waals surface area contributed by atoms with E-state index in [1.165, 1.54) is 7.11 Å². The minimum absolute atomic E-state index is 0.0121. The van der Waals surface area contributed by atoms with Crippen LogP contribution in [0.3, 0.4) is 0 Å². The summed E-state index contributed by atoms with van der Waals surface area (Å²) in [5.74, 6) is -0.996. The highest BCUT2D eigenvalue weighted by Gasteiger charge is 2.33. The van der Waals surface area contributed by atoms with Crippen molar-refractivity contribution in [3.8, 4) is 11.1 Å². The van der Waals surface area contributed by atoms with Gasteiger partial charge in [0.05, 0.1) is 20.1 Å². The molecule has 1 atom stereocenters. The molecule has 7 nitrogen and oxygen atoms in total. The van der Waals surface area contributed by atoms with Crippen LogP contribution in [0, 0.1) is 0 Å². The molecule has 1 aliphatic heterocycles. The molecule has 146 valence electrons. The van der Waals surface area contributed by atoms with Crippen molar-refractivity contribution in [1.29, 1.82) is 0 Å². The molecule has 0 saturated carbocycles. The zero-order valence-electron chi connectivity index (χ0n) is 15.7. The Bertz CT molecular complexity index is 854. The van der Waals surface area contributed by atoms with E-state index in [9.17, 15) is 14.4 Å². The van der Waals surface area contributed by atoms with Gasteiger partial charge in [0.15, 0.2) is 0 Å². The van der Waals surface area contributed by atoms with Crippen molar-refractivity contribution in [3.63, 3.8) is 0 Å². The Kier molecular flexibility index (Phi) is 6.39. The molecule has 28 heavy (non-hydrogen) atoms. The van der Waals surface area contributed by atoms with Gasteiger partial charge in [0.1, 0.15) is 6.04 Å². The van der Waals surface area contributed by atoms with E-state index in [2.05, 4.69) is 15.4 Å². The molecular formula is C21H23N3O4. The maximum absolute atomic E-state index is 12.7. The summed E-state index contributed by atoms with van der Waals surface area (Å²) in [6, 6.07) is 16.6. The Morgan fingerprint density at radius 1 is 1.14 bits per heavy atom. The van der Waals surface area contributed by atoms with Crippen molar-refractivity contribution >= 4 is 23.5 Å². The number of nitrogens with one attached hydrogen (secondary N) is 2. The number of piperazine rings is 1. The summed E-state index contributed by atoms with van der Waals surface area (Å²) < 4.78 is 4.67. The fourth-order valence-corrected chi connectivity index (χ4v) is 3.25. The standard InChI is InChI=1S/C21H23N3O4/c1-28-20(26)13-18-21(27)22-11-12-24(18)14-19(25)23-17-10-6-5-9-16(17)15-7-3-2-4-8-15/h2-10,18H,11-14H2,1H3,(H,22,27)(H,23,25)/t18-/m0/s1. The number of nitrogens with zero attached hydrogens (tertiary/aromatic N) is 1. The smallest absolute Gasteiger partial charge is 0.307 e. The van der Waals surface area contributed by atoms with Crippen LogP contribution >= 0.6 is 0 Å². The first-order chi connectivity index (χ1) is 13.6. The van der Waals surface area contributed by atoms with Gasteiger partial charge in [-0.3, -0.25) is 19.3 Å². The highest BCUT2D eigenvalue weighted by Crippen LogP contribution is 2.27. The second kappa shape index (κ2) is 9.14. The van der Waals surface area contributed by atoms with Crippen LogP contribution in [0.5, 0.6) is 0 Å². The van der Waals surface area contributed by atoms with Crippen molar-refractivity contribution < 1.29 is 19.1 Å². The maximum atomic E-state index is 12.7. The predicted molar refractivity (Wildman–Crippen MR) is 106 cm³/mol.